The number of aryl methyl sites for hydroxylation is 1. The Morgan fingerprint density at radius 3 is 2.90 bits per heavy atom. The summed E-state index contributed by atoms with van der Waals surface area (Å²) in [5.74, 6) is 1.60. The summed E-state index contributed by atoms with van der Waals surface area (Å²) in [5, 5.41) is 8.80. The van der Waals surface area contributed by atoms with E-state index in [1.165, 1.54) is 4.88 Å². The zero-order valence-electron chi connectivity index (χ0n) is 12.3. The zero-order chi connectivity index (χ0) is 14.4. The molecule has 0 amide bonds. The van der Waals surface area contributed by atoms with Gasteiger partial charge < -0.3 is 10.6 Å². The van der Waals surface area contributed by atoms with E-state index in [4.69, 9.17) is 0 Å². The molecule has 0 aliphatic heterocycles. The summed E-state index contributed by atoms with van der Waals surface area (Å²) < 4.78 is 0. The molecule has 0 saturated heterocycles. The van der Waals surface area contributed by atoms with E-state index in [0.717, 1.165) is 30.9 Å². The van der Waals surface area contributed by atoms with Crippen LogP contribution in [-0.2, 0) is 6.42 Å². The summed E-state index contributed by atoms with van der Waals surface area (Å²) in [6.07, 6.45) is 2.08. The summed E-state index contributed by atoms with van der Waals surface area (Å²) in [6.45, 7) is 7.20. The Hall–Kier alpha value is -1.62. The van der Waals surface area contributed by atoms with Crippen LogP contribution >= 0.6 is 11.3 Å². The second kappa shape index (κ2) is 7.24. The Balaban J connectivity index is 1.98. The molecule has 0 bridgehead atoms. The van der Waals surface area contributed by atoms with Gasteiger partial charge in [0.1, 0.15) is 5.82 Å². The molecule has 4 nitrogen and oxygen atoms in total. The number of hydrogen-bond donors (Lipinski definition) is 2. The molecular formula is C15H22N4S. The summed E-state index contributed by atoms with van der Waals surface area (Å²) >= 11 is 1.79. The normalized spacial score (nSPS) is 12.2. The van der Waals surface area contributed by atoms with E-state index >= 15 is 0 Å². The first-order valence-corrected chi connectivity index (χ1v) is 7.94. The number of nitrogens with zero attached hydrogens (tertiary/aromatic N) is 2. The molecule has 0 aliphatic carbocycles. The second-order valence-corrected chi connectivity index (χ2v) is 6.01. The van der Waals surface area contributed by atoms with Gasteiger partial charge in [-0.25, -0.2) is 4.98 Å². The van der Waals surface area contributed by atoms with Gasteiger partial charge in [0.05, 0.1) is 0 Å². The van der Waals surface area contributed by atoms with Crippen LogP contribution in [0.15, 0.2) is 23.6 Å². The lowest BCUT2D eigenvalue weighted by atomic mass is 10.2. The van der Waals surface area contributed by atoms with Crippen LogP contribution in [-0.4, -0.2) is 22.6 Å². The van der Waals surface area contributed by atoms with Crippen LogP contribution in [0.5, 0.6) is 0 Å². The van der Waals surface area contributed by atoms with Crippen molar-refractivity contribution < 1.29 is 0 Å². The highest BCUT2D eigenvalue weighted by atomic mass is 32.1. The van der Waals surface area contributed by atoms with Crippen molar-refractivity contribution in [3.05, 3.63) is 34.2 Å². The zero-order valence-corrected chi connectivity index (χ0v) is 13.1. The van der Waals surface area contributed by atoms with Crippen LogP contribution in [0.3, 0.4) is 0 Å². The number of hydrogen-bond acceptors (Lipinski definition) is 5. The third kappa shape index (κ3) is 4.49. The van der Waals surface area contributed by atoms with Crippen LogP contribution in [0.4, 0.5) is 11.8 Å². The topological polar surface area (TPSA) is 49.8 Å². The van der Waals surface area contributed by atoms with Gasteiger partial charge in [0.15, 0.2) is 0 Å². The van der Waals surface area contributed by atoms with Gasteiger partial charge in [-0.1, -0.05) is 13.0 Å². The molecule has 2 heterocycles. The lowest BCUT2D eigenvalue weighted by Gasteiger charge is -2.15. The molecule has 108 valence electrons. The van der Waals surface area contributed by atoms with Crippen molar-refractivity contribution in [3.8, 4) is 0 Å². The van der Waals surface area contributed by atoms with Crippen molar-refractivity contribution in [2.24, 2.45) is 0 Å². The van der Waals surface area contributed by atoms with Crippen molar-refractivity contribution in [1.82, 2.24) is 9.97 Å². The van der Waals surface area contributed by atoms with Gasteiger partial charge >= 0.3 is 0 Å². The quantitative estimate of drug-likeness (QED) is 0.816. The molecular weight excluding hydrogens is 268 g/mol. The maximum Gasteiger partial charge on any atom is 0.224 e. The van der Waals surface area contributed by atoms with E-state index in [1.54, 1.807) is 11.3 Å². The van der Waals surface area contributed by atoms with Gasteiger partial charge in [0.25, 0.3) is 0 Å². The predicted octanol–water partition coefficient (Wildman–Crippen LogP) is 3.71. The number of anilines is 2. The summed E-state index contributed by atoms with van der Waals surface area (Å²) in [6, 6.07) is 6.60. The average Bonchev–Trinajstić information content (AvgIpc) is 2.88. The fourth-order valence-corrected chi connectivity index (χ4v) is 2.83. The van der Waals surface area contributed by atoms with Crippen LogP contribution in [0, 0.1) is 6.92 Å². The van der Waals surface area contributed by atoms with Crippen LogP contribution in [0.2, 0.25) is 0 Å². The Morgan fingerprint density at radius 1 is 1.35 bits per heavy atom. The fourth-order valence-electron chi connectivity index (χ4n) is 1.99. The Labute approximate surface area is 124 Å². The molecule has 0 saturated carbocycles. The van der Waals surface area contributed by atoms with Gasteiger partial charge in [-0.15, -0.1) is 11.3 Å². The molecule has 0 fully saturated rings. The SMILES string of the molecule is CCCNc1nc(C)cc(NC(C)Cc2cccs2)n1. The Bertz CT molecular complexity index is 525. The van der Waals surface area contributed by atoms with E-state index in [2.05, 4.69) is 52.0 Å². The first-order chi connectivity index (χ1) is 9.67. The molecule has 0 spiro atoms. The van der Waals surface area contributed by atoms with Crippen LogP contribution in [0.1, 0.15) is 30.8 Å². The van der Waals surface area contributed by atoms with Gasteiger partial charge in [-0.3, -0.25) is 0 Å². The van der Waals surface area contributed by atoms with Gasteiger partial charge in [0.2, 0.25) is 5.95 Å². The maximum atomic E-state index is 4.51. The molecule has 0 aliphatic rings. The van der Waals surface area contributed by atoms with Gasteiger partial charge in [-0.2, -0.15) is 4.98 Å². The highest BCUT2D eigenvalue weighted by Gasteiger charge is 2.07. The first-order valence-electron chi connectivity index (χ1n) is 7.06. The van der Waals surface area contributed by atoms with Crippen LogP contribution < -0.4 is 10.6 Å². The van der Waals surface area contributed by atoms with Crippen LogP contribution in [0.25, 0.3) is 0 Å². The van der Waals surface area contributed by atoms with E-state index in [9.17, 15) is 0 Å². The van der Waals surface area contributed by atoms with E-state index in [1.807, 2.05) is 13.0 Å². The molecule has 1 atom stereocenters. The highest BCUT2D eigenvalue weighted by Crippen LogP contribution is 2.15. The average molecular weight is 290 g/mol. The minimum absolute atomic E-state index is 0.349. The lowest BCUT2D eigenvalue weighted by molar-refractivity contribution is 0.792. The van der Waals surface area contributed by atoms with Crippen molar-refractivity contribution >= 4 is 23.1 Å². The fraction of sp³-hybridized carbons (Fsp3) is 0.467. The molecule has 0 aromatic carbocycles. The lowest BCUT2D eigenvalue weighted by Crippen LogP contribution is -2.19. The molecule has 2 aromatic heterocycles. The minimum Gasteiger partial charge on any atom is -0.367 e. The predicted molar refractivity (Wildman–Crippen MR) is 86.7 cm³/mol. The first kappa shape index (κ1) is 14.8. The molecule has 0 radical (unpaired) electrons. The van der Waals surface area contributed by atoms with Crippen molar-refractivity contribution in [2.45, 2.75) is 39.7 Å². The summed E-state index contributed by atoms with van der Waals surface area (Å²) in [5.41, 5.74) is 0.976. The molecule has 2 N–H and O–H groups in total. The van der Waals surface area contributed by atoms with Gasteiger partial charge in [0, 0.05) is 35.6 Å². The van der Waals surface area contributed by atoms with Crippen molar-refractivity contribution in [2.75, 3.05) is 17.2 Å². The summed E-state index contributed by atoms with van der Waals surface area (Å²) in [4.78, 5) is 10.3. The monoisotopic (exact) mass is 290 g/mol. The smallest absolute Gasteiger partial charge is 0.224 e. The second-order valence-electron chi connectivity index (χ2n) is 4.97. The van der Waals surface area contributed by atoms with E-state index < -0.39 is 0 Å². The van der Waals surface area contributed by atoms with E-state index in [0.29, 0.717) is 12.0 Å². The third-order valence-electron chi connectivity index (χ3n) is 2.87. The number of nitrogens with one attached hydrogen (secondary N) is 2. The van der Waals surface area contributed by atoms with Crippen molar-refractivity contribution in [3.63, 3.8) is 0 Å². The Kier molecular flexibility index (Phi) is 5.35. The molecule has 2 aromatic rings. The van der Waals surface area contributed by atoms with Gasteiger partial charge in [-0.05, 0) is 31.7 Å². The molecule has 1 unspecified atom stereocenters. The van der Waals surface area contributed by atoms with Crippen molar-refractivity contribution in [1.29, 1.82) is 0 Å². The number of thiophene rings is 1. The molecule has 2 rings (SSSR count). The molecule has 20 heavy (non-hydrogen) atoms. The number of aromatic nitrogens is 2. The third-order valence-corrected chi connectivity index (χ3v) is 3.77. The van der Waals surface area contributed by atoms with E-state index in [-0.39, 0.29) is 0 Å². The largest absolute Gasteiger partial charge is 0.367 e. The standard InChI is InChI=1S/C15H22N4S/c1-4-7-16-15-18-12(3)10-14(19-15)17-11(2)9-13-6-5-8-20-13/h5-6,8,10-11H,4,7,9H2,1-3H3,(H2,16,17,18,19). The molecule has 5 heteroatoms. The Morgan fingerprint density at radius 2 is 2.20 bits per heavy atom. The minimum atomic E-state index is 0.349. The highest BCUT2D eigenvalue weighted by molar-refractivity contribution is 7.09. The maximum absolute atomic E-state index is 4.51. The summed E-state index contributed by atoms with van der Waals surface area (Å²) in [7, 11) is 0. The number of rotatable bonds is 7.